The molecule has 104 valence electrons. The SMILES string of the molecule is CCN(C=O)C1CCN(CCc2ccccc2)CC1. The highest BCUT2D eigenvalue weighted by Gasteiger charge is 2.22. The van der Waals surface area contributed by atoms with Crippen LogP contribution in [-0.2, 0) is 11.2 Å². The molecule has 1 fully saturated rings. The fourth-order valence-electron chi connectivity index (χ4n) is 2.83. The maximum Gasteiger partial charge on any atom is 0.209 e. The summed E-state index contributed by atoms with van der Waals surface area (Å²) in [5.41, 5.74) is 1.41. The topological polar surface area (TPSA) is 23.6 Å². The van der Waals surface area contributed by atoms with Crippen LogP contribution in [0.5, 0.6) is 0 Å². The quantitative estimate of drug-likeness (QED) is 0.732. The van der Waals surface area contributed by atoms with Crippen molar-refractivity contribution in [1.29, 1.82) is 0 Å². The molecule has 1 aliphatic heterocycles. The molecule has 0 saturated carbocycles. The number of hydrogen-bond acceptors (Lipinski definition) is 2. The van der Waals surface area contributed by atoms with E-state index in [1.54, 1.807) is 0 Å². The van der Waals surface area contributed by atoms with E-state index in [1.807, 2.05) is 4.90 Å². The summed E-state index contributed by atoms with van der Waals surface area (Å²) in [5, 5.41) is 0. The van der Waals surface area contributed by atoms with Gasteiger partial charge in [0.05, 0.1) is 0 Å². The lowest BCUT2D eigenvalue weighted by Crippen LogP contribution is -2.44. The molecule has 0 bridgehead atoms. The van der Waals surface area contributed by atoms with Crippen molar-refractivity contribution < 1.29 is 4.79 Å². The van der Waals surface area contributed by atoms with Gasteiger partial charge >= 0.3 is 0 Å². The van der Waals surface area contributed by atoms with Crippen molar-refractivity contribution in [1.82, 2.24) is 9.80 Å². The first-order chi connectivity index (χ1) is 9.33. The van der Waals surface area contributed by atoms with Crippen molar-refractivity contribution in [3.8, 4) is 0 Å². The normalized spacial score (nSPS) is 17.3. The van der Waals surface area contributed by atoms with Crippen LogP contribution in [0.15, 0.2) is 30.3 Å². The molecule has 2 rings (SSSR count). The zero-order valence-corrected chi connectivity index (χ0v) is 11.8. The molecule has 0 unspecified atom stereocenters. The van der Waals surface area contributed by atoms with Crippen LogP contribution in [-0.4, -0.2) is 48.4 Å². The first kappa shape index (κ1) is 14.1. The molecule has 1 amide bonds. The first-order valence-corrected chi connectivity index (χ1v) is 7.30. The molecule has 1 aromatic rings. The van der Waals surface area contributed by atoms with Gasteiger partial charge in [-0.1, -0.05) is 30.3 Å². The van der Waals surface area contributed by atoms with Crippen LogP contribution in [0.3, 0.4) is 0 Å². The van der Waals surface area contributed by atoms with Gasteiger partial charge in [-0.15, -0.1) is 0 Å². The van der Waals surface area contributed by atoms with E-state index < -0.39 is 0 Å². The highest BCUT2D eigenvalue weighted by atomic mass is 16.1. The van der Waals surface area contributed by atoms with Gasteiger partial charge in [0.25, 0.3) is 0 Å². The fourth-order valence-corrected chi connectivity index (χ4v) is 2.83. The van der Waals surface area contributed by atoms with E-state index in [0.29, 0.717) is 6.04 Å². The summed E-state index contributed by atoms with van der Waals surface area (Å²) in [4.78, 5) is 15.4. The predicted octanol–water partition coefficient (Wildman–Crippen LogP) is 2.17. The Morgan fingerprint density at radius 2 is 1.95 bits per heavy atom. The van der Waals surface area contributed by atoms with Gasteiger partial charge in [-0.2, -0.15) is 0 Å². The second-order valence-electron chi connectivity index (χ2n) is 5.24. The number of benzene rings is 1. The zero-order chi connectivity index (χ0) is 13.5. The van der Waals surface area contributed by atoms with Gasteiger partial charge in [-0.05, 0) is 31.7 Å². The Hall–Kier alpha value is -1.35. The molecule has 0 aromatic heterocycles. The molecule has 1 heterocycles. The van der Waals surface area contributed by atoms with Gasteiger partial charge in [0, 0.05) is 32.2 Å². The van der Waals surface area contributed by atoms with Gasteiger partial charge in [-0.3, -0.25) is 4.79 Å². The molecule has 1 aromatic carbocycles. The maximum absolute atomic E-state index is 10.9. The molecule has 19 heavy (non-hydrogen) atoms. The van der Waals surface area contributed by atoms with Crippen molar-refractivity contribution in [2.45, 2.75) is 32.2 Å². The smallest absolute Gasteiger partial charge is 0.209 e. The summed E-state index contributed by atoms with van der Waals surface area (Å²) in [6.07, 6.45) is 4.35. The van der Waals surface area contributed by atoms with E-state index >= 15 is 0 Å². The average molecular weight is 260 g/mol. The fraction of sp³-hybridized carbons (Fsp3) is 0.562. The van der Waals surface area contributed by atoms with Crippen molar-refractivity contribution >= 4 is 6.41 Å². The summed E-state index contributed by atoms with van der Waals surface area (Å²) in [7, 11) is 0. The molecule has 0 N–H and O–H groups in total. The standard InChI is InChI=1S/C16H24N2O/c1-2-18(14-19)16-9-12-17(13-10-16)11-8-15-6-4-3-5-7-15/h3-7,14,16H,2,8-13H2,1H3. The highest BCUT2D eigenvalue weighted by molar-refractivity contribution is 5.47. The predicted molar refractivity (Wildman–Crippen MR) is 78.1 cm³/mol. The Morgan fingerprint density at radius 1 is 1.26 bits per heavy atom. The minimum atomic E-state index is 0.454. The summed E-state index contributed by atoms with van der Waals surface area (Å²) >= 11 is 0. The van der Waals surface area contributed by atoms with E-state index in [-0.39, 0.29) is 0 Å². The highest BCUT2D eigenvalue weighted by Crippen LogP contribution is 2.15. The zero-order valence-electron chi connectivity index (χ0n) is 11.8. The van der Waals surface area contributed by atoms with Crippen molar-refractivity contribution in [3.63, 3.8) is 0 Å². The van der Waals surface area contributed by atoms with Crippen LogP contribution in [0.2, 0.25) is 0 Å². The van der Waals surface area contributed by atoms with Crippen LogP contribution in [0.4, 0.5) is 0 Å². The Kier molecular flexibility index (Phi) is 5.40. The monoisotopic (exact) mass is 260 g/mol. The van der Waals surface area contributed by atoms with Crippen LogP contribution in [0.25, 0.3) is 0 Å². The largest absolute Gasteiger partial charge is 0.342 e. The molecule has 3 nitrogen and oxygen atoms in total. The molecule has 3 heteroatoms. The summed E-state index contributed by atoms with van der Waals surface area (Å²) in [6, 6.07) is 11.1. The van der Waals surface area contributed by atoms with Gasteiger partial charge < -0.3 is 9.80 Å². The number of rotatable bonds is 6. The first-order valence-electron chi connectivity index (χ1n) is 7.30. The van der Waals surface area contributed by atoms with E-state index in [2.05, 4.69) is 42.2 Å². The van der Waals surface area contributed by atoms with Gasteiger partial charge in [-0.25, -0.2) is 0 Å². The number of likely N-dealkylation sites (tertiary alicyclic amines) is 1. The third-order valence-corrected chi connectivity index (χ3v) is 4.09. The van der Waals surface area contributed by atoms with E-state index in [9.17, 15) is 4.79 Å². The van der Waals surface area contributed by atoms with Gasteiger partial charge in [0.1, 0.15) is 0 Å². The van der Waals surface area contributed by atoms with Crippen molar-refractivity contribution in [2.24, 2.45) is 0 Å². The Morgan fingerprint density at radius 3 is 2.53 bits per heavy atom. The molecule has 1 aliphatic rings. The van der Waals surface area contributed by atoms with E-state index in [4.69, 9.17) is 0 Å². The Labute approximate surface area is 116 Å². The number of nitrogens with zero attached hydrogens (tertiary/aromatic N) is 2. The van der Waals surface area contributed by atoms with Crippen molar-refractivity contribution in [2.75, 3.05) is 26.2 Å². The minimum Gasteiger partial charge on any atom is -0.342 e. The number of carbonyl (C=O) groups excluding carboxylic acids is 1. The molecule has 0 spiro atoms. The summed E-state index contributed by atoms with van der Waals surface area (Å²) in [5.74, 6) is 0. The lowest BCUT2D eigenvalue weighted by molar-refractivity contribution is -0.120. The van der Waals surface area contributed by atoms with Crippen LogP contribution in [0, 0.1) is 0 Å². The third-order valence-electron chi connectivity index (χ3n) is 4.09. The Bertz CT molecular complexity index is 372. The second kappa shape index (κ2) is 7.29. The Balaban J connectivity index is 1.73. The number of hydrogen-bond donors (Lipinski definition) is 0. The van der Waals surface area contributed by atoms with Gasteiger partial charge in [0.15, 0.2) is 0 Å². The molecule has 1 saturated heterocycles. The lowest BCUT2D eigenvalue weighted by Gasteiger charge is -2.36. The average Bonchev–Trinajstić information content (AvgIpc) is 2.49. The minimum absolute atomic E-state index is 0.454. The van der Waals surface area contributed by atoms with Crippen LogP contribution in [0.1, 0.15) is 25.3 Å². The lowest BCUT2D eigenvalue weighted by atomic mass is 10.0. The second-order valence-corrected chi connectivity index (χ2v) is 5.24. The number of piperidine rings is 1. The van der Waals surface area contributed by atoms with Crippen LogP contribution >= 0.6 is 0 Å². The van der Waals surface area contributed by atoms with Crippen molar-refractivity contribution in [3.05, 3.63) is 35.9 Å². The summed E-state index contributed by atoms with van der Waals surface area (Å²) < 4.78 is 0. The molecule has 0 radical (unpaired) electrons. The molecular weight excluding hydrogens is 236 g/mol. The van der Waals surface area contributed by atoms with E-state index in [1.165, 1.54) is 5.56 Å². The number of carbonyl (C=O) groups is 1. The molecule has 0 aliphatic carbocycles. The maximum atomic E-state index is 10.9. The summed E-state index contributed by atoms with van der Waals surface area (Å²) in [6.45, 7) is 6.24. The third kappa shape index (κ3) is 4.06. The number of amides is 1. The van der Waals surface area contributed by atoms with Crippen LogP contribution < -0.4 is 0 Å². The van der Waals surface area contributed by atoms with E-state index in [0.717, 1.165) is 51.9 Å². The van der Waals surface area contributed by atoms with Gasteiger partial charge in [0.2, 0.25) is 6.41 Å². The molecular formula is C16H24N2O. The molecule has 0 atom stereocenters.